The minimum Gasteiger partial charge on any atom is -0.363 e. The second kappa shape index (κ2) is 5.91. The summed E-state index contributed by atoms with van der Waals surface area (Å²) in [5, 5.41) is 0. The highest BCUT2D eigenvalue weighted by molar-refractivity contribution is 5.56. The van der Waals surface area contributed by atoms with Crippen molar-refractivity contribution in [2.75, 3.05) is 27.2 Å². The molecule has 1 saturated heterocycles. The first-order valence-corrected chi connectivity index (χ1v) is 5.76. The van der Waals surface area contributed by atoms with Gasteiger partial charge in [-0.1, -0.05) is 13.5 Å². The monoisotopic (exact) mass is 209 g/mol. The molecule has 3 nitrogen and oxygen atoms in total. The standard InChI is InChI=1S/C12H23N3/c1-5-11(2)13-10-15(4)12-6-8-14(3)9-7-12/h10,12H,2,5-9H2,1,3-4H3. The first kappa shape index (κ1) is 12.2. The van der Waals surface area contributed by atoms with Crippen LogP contribution in [0.4, 0.5) is 0 Å². The van der Waals surface area contributed by atoms with Crippen molar-refractivity contribution in [2.45, 2.75) is 32.2 Å². The summed E-state index contributed by atoms with van der Waals surface area (Å²) in [7, 11) is 4.30. The van der Waals surface area contributed by atoms with Crippen molar-refractivity contribution in [1.29, 1.82) is 0 Å². The molecule has 0 aromatic heterocycles. The number of aliphatic imine (C=N–C) groups is 1. The SMILES string of the molecule is C=C(CC)N=CN(C)C1CCN(C)CC1. The lowest BCUT2D eigenvalue weighted by Crippen LogP contribution is -2.41. The van der Waals surface area contributed by atoms with E-state index in [0.29, 0.717) is 6.04 Å². The van der Waals surface area contributed by atoms with E-state index < -0.39 is 0 Å². The molecule has 86 valence electrons. The van der Waals surface area contributed by atoms with Gasteiger partial charge in [0.25, 0.3) is 0 Å². The summed E-state index contributed by atoms with van der Waals surface area (Å²) in [5.41, 5.74) is 0.953. The summed E-state index contributed by atoms with van der Waals surface area (Å²) in [6, 6.07) is 0.648. The van der Waals surface area contributed by atoms with Gasteiger partial charge in [-0.25, -0.2) is 4.99 Å². The van der Waals surface area contributed by atoms with Gasteiger partial charge >= 0.3 is 0 Å². The van der Waals surface area contributed by atoms with Gasteiger partial charge in [0.1, 0.15) is 0 Å². The molecule has 0 bridgehead atoms. The van der Waals surface area contributed by atoms with Crippen molar-refractivity contribution >= 4 is 6.34 Å². The topological polar surface area (TPSA) is 18.8 Å². The van der Waals surface area contributed by atoms with Gasteiger partial charge in [-0.15, -0.1) is 0 Å². The average molecular weight is 209 g/mol. The van der Waals surface area contributed by atoms with Gasteiger partial charge in [0, 0.05) is 18.8 Å². The van der Waals surface area contributed by atoms with Crippen molar-refractivity contribution in [3.05, 3.63) is 12.3 Å². The maximum atomic E-state index is 4.33. The molecule has 15 heavy (non-hydrogen) atoms. The lowest BCUT2D eigenvalue weighted by atomic mass is 10.1. The summed E-state index contributed by atoms with van der Waals surface area (Å²) < 4.78 is 0. The molecule has 0 unspecified atom stereocenters. The summed E-state index contributed by atoms with van der Waals surface area (Å²) in [6.07, 6.45) is 5.33. The third kappa shape index (κ3) is 4.04. The van der Waals surface area contributed by atoms with Crippen molar-refractivity contribution in [3.63, 3.8) is 0 Å². The first-order valence-electron chi connectivity index (χ1n) is 5.76. The Morgan fingerprint density at radius 3 is 2.67 bits per heavy atom. The van der Waals surface area contributed by atoms with Crippen LogP contribution in [0, 0.1) is 0 Å². The van der Waals surface area contributed by atoms with E-state index in [1.54, 1.807) is 0 Å². The summed E-state index contributed by atoms with van der Waals surface area (Å²) in [5.74, 6) is 0. The van der Waals surface area contributed by atoms with Gasteiger partial charge < -0.3 is 9.80 Å². The molecule has 0 amide bonds. The summed E-state index contributed by atoms with van der Waals surface area (Å²) in [6.45, 7) is 8.33. The Morgan fingerprint density at radius 2 is 2.13 bits per heavy atom. The molecule has 0 aromatic carbocycles. The predicted molar refractivity (Wildman–Crippen MR) is 66.2 cm³/mol. The predicted octanol–water partition coefficient (Wildman–Crippen LogP) is 1.96. The Bertz CT molecular complexity index is 227. The molecule has 0 radical (unpaired) electrons. The molecule has 0 aliphatic carbocycles. The number of nitrogens with zero attached hydrogens (tertiary/aromatic N) is 3. The molecule has 1 rings (SSSR count). The minimum absolute atomic E-state index is 0.648. The fourth-order valence-electron chi connectivity index (χ4n) is 1.76. The van der Waals surface area contributed by atoms with E-state index in [2.05, 4.69) is 42.4 Å². The second-order valence-corrected chi connectivity index (χ2v) is 4.36. The van der Waals surface area contributed by atoms with E-state index in [0.717, 1.165) is 12.1 Å². The van der Waals surface area contributed by atoms with E-state index in [4.69, 9.17) is 0 Å². The molecule has 0 saturated carbocycles. The van der Waals surface area contributed by atoms with Gasteiger partial charge in [0.2, 0.25) is 0 Å². The number of allylic oxidation sites excluding steroid dienone is 1. The number of hydrogen-bond donors (Lipinski definition) is 0. The van der Waals surface area contributed by atoms with Gasteiger partial charge in [-0.05, 0) is 39.4 Å². The van der Waals surface area contributed by atoms with Crippen LogP contribution in [0.25, 0.3) is 0 Å². The molecule has 3 heteroatoms. The van der Waals surface area contributed by atoms with E-state index in [9.17, 15) is 0 Å². The van der Waals surface area contributed by atoms with Crippen LogP contribution in [-0.2, 0) is 0 Å². The van der Waals surface area contributed by atoms with Crippen molar-refractivity contribution in [2.24, 2.45) is 4.99 Å². The lowest BCUT2D eigenvalue weighted by Gasteiger charge is -2.34. The van der Waals surface area contributed by atoms with E-state index in [1.165, 1.54) is 25.9 Å². The highest BCUT2D eigenvalue weighted by Crippen LogP contribution is 2.13. The first-order chi connectivity index (χ1) is 7.13. The summed E-state index contributed by atoms with van der Waals surface area (Å²) >= 11 is 0. The normalized spacial score (nSPS) is 19.7. The molecule has 1 fully saturated rings. The Labute approximate surface area is 93.5 Å². The fraction of sp³-hybridized carbons (Fsp3) is 0.750. The Kier molecular flexibility index (Phi) is 4.82. The molecule has 0 N–H and O–H groups in total. The molecule has 1 heterocycles. The highest BCUT2D eigenvalue weighted by Gasteiger charge is 2.18. The number of hydrogen-bond acceptors (Lipinski definition) is 2. The minimum atomic E-state index is 0.648. The second-order valence-electron chi connectivity index (χ2n) is 4.36. The van der Waals surface area contributed by atoms with Crippen LogP contribution in [0.1, 0.15) is 26.2 Å². The molecule has 1 aliphatic rings. The van der Waals surface area contributed by atoms with Crippen molar-refractivity contribution in [1.82, 2.24) is 9.80 Å². The van der Waals surface area contributed by atoms with Crippen LogP contribution >= 0.6 is 0 Å². The average Bonchev–Trinajstić information content (AvgIpc) is 2.26. The Hall–Kier alpha value is -0.830. The summed E-state index contributed by atoms with van der Waals surface area (Å²) in [4.78, 5) is 8.94. The maximum Gasteiger partial charge on any atom is 0.0907 e. The molecule has 1 aliphatic heterocycles. The van der Waals surface area contributed by atoms with Crippen LogP contribution in [-0.4, -0.2) is 49.4 Å². The number of likely N-dealkylation sites (tertiary alicyclic amines) is 1. The third-order valence-corrected chi connectivity index (χ3v) is 3.09. The van der Waals surface area contributed by atoms with Gasteiger partial charge in [-0.2, -0.15) is 0 Å². The van der Waals surface area contributed by atoms with Crippen LogP contribution in [0.5, 0.6) is 0 Å². The highest BCUT2D eigenvalue weighted by atomic mass is 15.2. The molecule has 0 spiro atoms. The Morgan fingerprint density at radius 1 is 1.53 bits per heavy atom. The van der Waals surface area contributed by atoms with Crippen molar-refractivity contribution < 1.29 is 0 Å². The fourth-order valence-corrected chi connectivity index (χ4v) is 1.76. The van der Waals surface area contributed by atoms with Crippen LogP contribution < -0.4 is 0 Å². The molecule has 0 aromatic rings. The zero-order valence-electron chi connectivity index (χ0n) is 10.2. The lowest BCUT2D eigenvalue weighted by molar-refractivity contribution is 0.195. The van der Waals surface area contributed by atoms with Crippen LogP contribution in [0.15, 0.2) is 17.3 Å². The zero-order valence-corrected chi connectivity index (χ0v) is 10.2. The number of rotatable bonds is 4. The van der Waals surface area contributed by atoms with E-state index in [1.807, 2.05) is 6.34 Å². The van der Waals surface area contributed by atoms with E-state index >= 15 is 0 Å². The van der Waals surface area contributed by atoms with Crippen molar-refractivity contribution in [3.8, 4) is 0 Å². The Balaban J connectivity index is 2.37. The zero-order chi connectivity index (χ0) is 11.3. The largest absolute Gasteiger partial charge is 0.363 e. The third-order valence-electron chi connectivity index (χ3n) is 3.09. The van der Waals surface area contributed by atoms with Gasteiger partial charge in [0.15, 0.2) is 0 Å². The van der Waals surface area contributed by atoms with Crippen LogP contribution in [0.3, 0.4) is 0 Å². The molecular formula is C12H23N3. The quantitative estimate of drug-likeness (QED) is 0.521. The maximum absolute atomic E-state index is 4.33. The van der Waals surface area contributed by atoms with E-state index in [-0.39, 0.29) is 0 Å². The number of piperidine rings is 1. The van der Waals surface area contributed by atoms with Gasteiger partial charge in [-0.3, -0.25) is 0 Å². The molecular weight excluding hydrogens is 186 g/mol. The molecule has 0 atom stereocenters. The smallest absolute Gasteiger partial charge is 0.0907 e. The van der Waals surface area contributed by atoms with Gasteiger partial charge in [0.05, 0.1) is 6.34 Å². The van der Waals surface area contributed by atoms with Crippen LogP contribution in [0.2, 0.25) is 0 Å².